The Balaban J connectivity index is 2.36. The van der Waals surface area contributed by atoms with Crippen molar-refractivity contribution in [3.05, 3.63) is 60.3 Å². The smallest absolute Gasteiger partial charge is 0.210 e. The van der Waals surface area contributed by atoms with Crippen molar-refractivity contribution in [3.63, 3.8) is 0 Å². The third-order valence-electron chi connectivity index (χ3n) is 4.70. The number of sulfone groups is 1. The summed E-state index contributed by atoms with van der Waals surface area (Å²) >= 11 is 0. The number of nitrogens with zero attached hydrogens (tertiary/aromatic N) is 2. The van der Waals surface area contributed by atoms with E-state index in [0.717, 1.165) is 36.1 Å². The van der Waals surface area contributed by atoms with Crippen LogP contribution in [0.15, 0.2) is 64.5 Å². The zero-order chi connectivity index (χ0) is 18.7. The van der Waals surface area contributed by atoms with Gasteiger partial charge in [0.2, 0.25) is 9.84 Å². The van der Waals surface area contributed by atoms with Crippen LogP contribution in [0.3, 0.4) is 0 Å². The second-order valence-corrected chi connectivity index (χ2v) is 8.08. The fourth-order valence-corrected chi connectivity index (χ4v) is 4.67. The number of rotatable bonds is 6. The molecule has 5 heteroatoms. The van der Waals surface area contributed by atoms with Gasteiger partial charge in [-0.2, -0.15) is 0 Å². The van der Waals surface area contributed by atoms with E-state index >= 15 is 0 Å². The summed E-state index contributed by atoms with van der Waals surface area (Å²) in [7, 11) is -3.65. The highest BCUT2D eigenvalue weighted by molar-refractivity contribution is 7.91. The van der Waals surface area contributed by atoms with Crippen molar-refractivity contribution in [2.24, 2.45) is 0 Å². The van der Waals surface area contributed by atoms with E-state index in [1.807, 2.05) is 32.0 Å². The number of hydrogen-bond donors (Lipinski definition) is 0. The van der Waals surface area contributed by atoms with Crippen molar-refractivity contribution in [2.45, 2.75) is 37.0 Å². The number of benzene rings is 2. The highest BCUT2D eigenvalue weighted by atomic mass is 32.2. The first-order chi connectivity index (χ1) is 12.5. The minimum absolute atomic E-state index is 0.271. The molecule has 0 atom stereocenters. The Morgan fingerprint density at radius 3 is 2.27 bits per heavy atom. The molecule has 0 bridgehead atoms. The van der Waals surface area contributed by atoms with E-state index in [2.05, 4.69) is 22.9 Å². The van der Waals surface area contributed by atoms with Crippen LogP contribution in [0.25, 0.3) is 10.9 Å². The van der Waals surface area contributed by atoms with Crippen LogP contribution in [0, 0.1) is 0 Å². The zero-order valence-electron chi connectivity index (χ0n) is 15.4. The highest BCUT2D eigenvalue weighted by Crippen LogP contribution is 2.36. The molecule has 0 amide bonds. The van der Waals surface area contributed by atoms with Crippen molar-refractivity contribution in [2.75, 3.05) is 18.0 Å². The first-order valence-corrected chi connectivity index (χ1v) is 10.5. The molecule has 136 valence electrons. The molecule has 0 aliphatic carbocycles. The molecule has 0 radical (unpaired) electrons. The van der Waals surface area contributed by atoms with E-state index in [0.29, 0.717) is 4.90 Å². The standard InChI is InChI=1S/C21H24N2O2S/c1-4-16-12-13-19-18(14-16)21(23(5-2)6-3)20(15-22-19)26(24,25)17-10-8-7-9-11-17/h7-15H,4-6H2,1-3H3. The summed E-state index contributed by atoms with van der Waals surface area (Å²) in [5.41, 5.74) is 2.73. The minimum atomic E-state index is -3.65. The van der Waals surface area contributed by atoms with Crippen LogP contribution in [-0.4, -0.2) is 26.5 Å². The molecule has 0 spiro atoms. The van der Waals surface area contributed by atoms with Crippen LogP contribution in [0.1, 0.15) is 26.3 Å². The largest absolute Gasteiger partial charge is 0.370 e. The van der Waals surface area contributed by atoms with Gasteiger partial charge < -0.3 is 4.90 Å². The molecule has 2 aromatic carbocycles. The third kappa shape index (κ3) is 3.19. The molecule has 1 heterocycles. The number of aromatic nitrogens is 1. The van der Waals surface area contributed by atoms with Gasteiger partial charge in [-0.25, -0.2) is 8.42 Å². The lowest BCUT2D eigenvalue weighted by Crippen LogP contribution is -2.24. The van der Waals surface area contributed by atoms with Crippen molar-refractivity contribution < 1.29 is 8.42 Å². The normalized spacial score (nSPS) is 11.7. The van der Waals surface area contributed by atoms with Crippen molar-refractivity contribution >= 4 is 26.4 Å². The Hall–Kier alpha value is -2.40. The number of pyridine rings is 1. The third-order valence-corrected chi connectivity index (χ3v) is 6.47. The van der Waals surface area contributed by atoms with Gasteiger partial charge in [-0.15, -0.1) is 0 Å². The maximum absolute atomic E-state index is 13.3. The summed E-state index contributed by atoms with van der Waals surface area (Å²) in [4.78, 5) is 7.11. The van der Waals surface area contributed by atoms with E-state index < -0.39 is 9.84 Å². The average Bonchev–Trinajstić information content (AvgIpc) is 2.69. The Labute approximate surface area is 155 Å². The predicted octanol–water partition coefficient (Wildman–Crippen LogP) is 4.48. The van der Waals surface area contributed by atoms with E-state index in [4.69, 9.17) is 0 Å². The van der Waals surface area contributed by atoms with Gasteiger partial charge in [0, 0.05) is 24.7 Å². The Morgan fingerprint density at radius 2 is 1.65 bits per heavy atom. The SMILES string of the molecule is CCc1ccc2ncc(S(=O)(=O)c3ccccc3)c(N(CC)CC)c2c1. The summed E-state index contributed by atoms with van der Waals surface area (Å²) in [5, 5.41) is 0.894. The van der Waals surface area contributed by atoms with E-state index in [-0.39, 0.29) is 4.90 Å². The molecule has 3 aromatic rings. The predicted molar refractivity (Wildman–Crippen MR) is 107 cm³/mol. The van der Waals surface area contributed by atoms with Gasteiger partial charge >= 0.3 is 0 Å². The topological polar surface area (TPSA) is 50.3 Å². The lowest BCUT2D eigenvalue weighted by atomic mass is 10.1. The molecule has 0 fully saturated rings. The summed E-state index contributed by atoms with van der Waals surface area (Å²) < 4.78 is 26.6. The fourth-order valence-electron chi connectivity index (χ4n) is 3.22. The van der Waals surface area contributed by atoms with E-state index in [1.54, 1.807) is 24.3 Å². The Bertz CT molecular complexity index is 1010. The second-order valence-electron chi connectivity index (χ2n) is 6.16. The molecule has 0 unspecified atom stereocenters. The highest BCUT2D eigenvalue weighted by Gasteiger charge is 2.26. The van der Waals surface area contributed by atoms with Gasteiger partial charge in [0.15, 0.2) is 0 Å². The molecule has 26 heavy (non-hydrogen) atoms. The maximum Gasteiger partial charge on any atom is 0.210 e. The van der Waals surface area contributed by atoms with Crippen LogP contribution in [0.2, 0.25) is 0 Å². The molecule has 0 aliphatic heterocycles. The summed E-state index contributed by atoms with van der Waals surface area (Å²) in [6, 6.07) is 14.7. The quantitative estimate of drug-likeness (QED) is 0.644. The number of fused-ring (bicyclic) bond motifs is 1. The lowest BCUT2D eigenvalue weighted by Gasteiger charge is -2.25. The molecular weight excluding hydrogens is 344 g/mol. The van der Waals surface area contributed by atoms with Crippen LogP contribution in [-0.2, 0) is 16.3 Å². The van der Waals surface area contributed by atoms with Gasteiger partial charge in [-0.3, -0.25) is 4.98 Å². The van der Waals surface area contributed by atoms with E-state index in [9.17, 15) is 8.42 Å². The monoisotopic (exact) mass is 368 g/mol. The minimum Gasteiger partial charge on any atom is -0.370 e. The molecule has 1 aromatic heterocycles. The maximum atomic E-state index is 13.3. The van der Waals surface area contributed by atoms with Crippen LogP contribution in [0.5, 0.6) is 0 Å². The summed E-state index contributed by atoms with van der Waals surface area (Å²) in [6.45, 7) is 7.62. The molecule has 0 aliphatic rings. The van der Waals surface area contributed by atoms with Gasteiger partial charge in [0.25, 0.3) is 0 Å². The molecule has 3 rings (SSSR count). The summed E-state index contributed by atoms with van der Waals surface area (Å²) in [6.07, 6.45) is 2.40. The molecule has 4 nitrogen and oxygen atoms in total. The van der Waals surface area contributed by atoms with Gasteiger partial charge in [-0.1, -0.05) is 31.2 Å². The molecule has 0 N–H and O–H groups in total. The van der Waals surface area contributed by atoms with E-state index in [1.165, 1.54) is 11.8 Å². The number of hydrogen-bond acceptors (Lipinski definition) is 4. The van der Waals surface area contributed by atoms with Gasteiger partial charge in [0.05, 0.1) is 16.1 Å². The van der Waals surface area contributed by atoms with Crippen LogP contribution >= 0.6 is 0 Å². The molecule has 0 saturated heterocycles. The molecular formula is C21H24N2O2S. The van der Waals surface area contributed by atoms with Crippen molar-refractivity contribution in [1.82, 2.24) is 4.98 Å². The molecule has 0 saturated carbocycles. The van der Waals surface area contributed by atoms with Crippen LogP contribution < -0.4 is 4.90 Å². The first-order valence-electron chi connectivity index (χ1n) is 8.99. The van der Waals surface area contributed by atoms with Crippen molar-refractivity contribution in [1.29, 1.82) is 0 Å². The fraction of sp³-hybridized carbons (Fsp3) is 0.286. The Morgan fingerprint density at radius 1 is 0.962 bits per heavy atom. The van der Waals surface area contributed by atoms with Crippen LogP contribution in [0.4, 0.5) is 5.69 Å². The number of aryl methyl sites for hydroxylation is 1. The average molecular weight is 369 g/mol. The second kappa shape index (κ2) is 7.46. The number of anilines is 1. The van der Waals surface area contributed by atoms with Gasteiger partial charge in [0.1, 0.15) is 4.90 Å². The Kier molecular flexibility index (Phi) is 5.28. The lowest BCUT2D eigenvalue weighted by molar-refractivity contribution is 0.595. The zero-order valence-corrected chi connectivity index (χ0v) is 16.3. The first kappa shape index (κ1) is 18.4. The van der Waals surface area contributed by atoms with Crippen molar-refractivity contribution in [3.8, 4) is 0 Å². The van der Waals surface area contributed by atoms with Gasteiger partial charge in [-0.05, 0) is 50.1 Å². The summed E-state index contributed by atoms with van der Waals surface area (Å²) in [5.74, 6) is 0.